The van der Waals surface area contributed by atoms with Crippen molar-refractivity contribution in [3.63, 3.8) is 0 Å². The van der Waals surface area contributed by atoms with Crippen molar-refractivity contribution in [2.24, 2.45) is 0 Å². The van der Waals surface area contributed by atoms with Gasteiger partial charge in [-0.25, -0.2) is 9.18 Å². The summed E-state index contributed by atoms with van der Waals surface area (Å²) < 4.78 is 97.7. The maximum Gasteiger partial charge on any atom is 0.416 e. The van der Waals surface area contributed by atoms with Gasteiger partial charge < -0.3 is 19.9 Å². The Balaban J connectivity index is 1.84. The molecule has 0 aliphatic carbocycles. The molecular formula is C26H24F7N3O3S. The summed E-state index contributed by atoms with van der Waals surface area (Å²) in [5.74, 6) is -1.03. The van der Waals surface area contributed by atoms with E-state index in [1.807, 2.05) is 5.32 Å². The first-order valence-electron chi connectivity index (χ1n) is 11.6. The van der Waals surface area contributed by atoms with Gasteiger partial charge in [-0.3, -0.25) is 4.79 Å². The van der Waals surface area contributed by atoms with Crippen LogP contribution in [0.25, 0.3) is 0 Å². The monoisotopic (exact) mass is 591 g/mol. The smallest absolute Gasteiger partial charge is 0.383 e. The number of urea groups is 1. The SMILES string of the molecule is COCCN(CC(=O)N(Cc1ccc(F)cc1)Cc1cccs1)C(=O)Nc1cc(C(F)(F)F)cc(C(F)(F)F)c1. The molecule has 14 heteroatoms. The molecule has 1 heterocycles. The van der Waals surface area contributed by atoms with Crippen LogP contribution < -0.4 is 5.32 Å². The Morgan fingerprint density at radius 3 is 2.05 bits per heavy atom. The van der Waals surface area contributed by atoms with Crippen LogP contribution >= 0.6 is 11.3 Å². The minimum atomic E-state index is -5.10. The zero-order valence-corrected chi connectivity index (χ0v) is 21.8. The van der Waals surface area contributed by atoms with E-state index in [0.29, 0.717) is 17.7 Å². The third kappa shape index (κ3) is 8.95. The Hall–Kier alpha value is -3.65. The van der Waals surface area contributed by atoms with Crippen molar-refractivity contribution in [3.05, 3.63) is 87.4 Å². The van der Waals surface area contributed by atoms with Crippen molar-refractivity contribution in [3.8, 4) is 0 Å². The Kier molecular flexibility index (Phi) is 10.1. The summed E-state index contributed by atoms with van der Waals surface area (Å²) in [6, 6.07) is 8.60. The van der Waals surface area contributed by atoms with Crippen LogP contribution in [0.1, 0.15) is 21.6 Å². The highest BCUT2D eigenvalue weighted by Crippen LogP contribution is 2.37. The molecule has 0 saturated heterocycles. The number of carbonyl (C=O) groups is 2. The molecule has 3 aromatic rings. The van der Waals surface area contributed by atoms with Crippen molar-refractivity contribution < 1.29 is 45.1 Å². The number of methoxy groups -OCH3 is 1. The number of ether oxygens (including phenoxy) is 1. The number of hydrogen-bond donors (Lipinski definition) is 1. The van der Waals surface area contributed by atoms with Gasteiger partial charge in [-0.05, 0) is 47.3 Å². The molecule has 216 valence electrons. The molecule has 3 amide bonds. The van der Waals surface area contributed by atoms with E-state index in [-0.39, 0.29) is 32.3 Å². The maximum absolute atomic E-state index is 13.4. The number of anilines is 1. The van der Waals surface area contributed by atoms with Crippen LogP contribution in [0.4, 0.5) is 41.2 Å². The minimum Gasteiger partial charge on any atom is -0.383 e. The molecule has 3 rings (SSSR count). The molecule has 0 unspecified atom stereocenters. The van der Waals surface area contributed by atoms with Gasteiger partial charge in [-0.15, -0.1) is 11.3 Å². The van der Waals surface area contributed by atoms with Gasteiger partial charge in [0.25, 0.3) is 0 Å². The second kappa shape index (κ2) is 13.1. The zero-order valence-electron chi connectivity index (χ0n) is 21.0. The molecular weight excluding hydrogens is 567 g/mol. The topological polar surface area (TPSA) is 61.9 Å². The van der Waals surface area contributed by atoms with Crippen LogP contribution in [-0.2, 0) is 35.0 Å². The Morgan fingerprint density at radius 2 is 1.52 bits per heavy atom. The molecule has 2 aromatic carbocycles. The van der Waals surface area contributed by atoms with Crippen molar-refractivity contribution in [2.45, 2.75) is 25.4 Å². The first-order chi connectivity index (χ1) is 18.8. The number of nitrogens with zero attached hydrogens (tertiary/aromatic N) is 2. The Morgan fingerprint density at radius 1 is 0.900 bits per heavy atom. The average Bonchev–Trinajstić information content (AvgIpc) is 3.39. The van der Waals surface area contributed by atoms with Crippen molar-refractivity contribution >= 4 is 29.0 Å². The average molecular weight is 592 g/mol. The summed E-state index contributed by atoms with van der Waals surface area (Å²) in [6.07, 6.45) is -10.2. The first kappa shape index (κ1) is 30.9. The zero-order chi connectivity index (χ0) is 29.5. The number of thiophene rings is 1. The molecule has 0 aliphatic heterocycles. The summed E-state index contributed by atoms with van der Waals surface area (Å²) in [7, 11) is 1.32. The van der Waals surface area contributed by atoms with E-state index in [2.05, 4.69) is 0 Å². The lowest BCUT2D eigenvalue weighted by Gasteiger charge is -2.28. The van der Waals surface area contributed by atoms with E-state index < -0.39 is 53.5 Å². The summed E-state index contributed by atoms with van der Waals surface area (Å²) in [5, 5.41) is 3.85. The Bertz CT molecular complexity index is 1250. The van der Waals surface area contributed by atoms with Crippen LogP contribution in [0.3, 0.4) is 0 Å². The van der Waals surface area contributed by atoms with Gasteiger partial charge in [-0.1, -0.05) is 18.2 Å². The molecule has 40 heavy (non-hydrogen) atoms. The predicted molar refractivity (Wildman–Crippen MR) is 134 cm³/mol. The number of amides is 3. The lowest BCUT2D eigenvalue weighted by molar-refractivity contribution is -0.143. The van der Waals surface area contributed by atoms with Crippen LogP contribution in [0.2, 0.25) is 0 Å². The van der Waals surface area contributed by atoms with Crippen molar-refractivity contribution in [1.82, 2.24) is 9.80 Å². The molecule has 1 aromatic heterocycles. The second-order valence-corrected chi connectivity index (χ2v) is 9.63. The van der Waals surface area contributed by atoms with Gasteiger partial charge in [0, 0.05) is 30.8 Å². The highest BCUT2D eigenvalue weighted by Gasteiger charge is 2.37. The number of halogens is 7. The molecule has 0 saturated carbocycles. The third-order valence-corrected chi connectivity index (χ3v) is 6.44. The van der Waals surface area contributed by atoms with Gasteiger partial charge >= 0.3 is 18.4 Å². The molecule has 0 atom stereocenters. The second-order valence-electron chi connectivity index (χ2n) is 8.59. The van der Waals surface area contributed by atoms with E-state index >= 15 is 0 Å². The van der Waals surface area contributed by atoms with Crippen LogP contribution in [0, 0.1) is 5.82 Å². The number of hydrogen-bond acceptors (Lipinski definition) is 4. The molecule has 1 N–H and O–H groups in total. The molecule has 0 radical (unpaired) electrons. The summed E-state index contributed by atoms with van der Waals surface area (Å²) in [5.41, 5.74) is -3.34. The van der Waals surface area contributed by atoms with E-state index in [0.717, 1.165) is 9.78 Å². The van der Waals surface area contributed by atoms with Crippen LogP contribution in [0.5, 0.6) is 0 Å². The summed E-state index contributed by atoms with van der Waals surface area (Å²) in [4.78, 5) is 29.5. The standard InChI is InChI=1S/C26H24F7N3O3S/c1-39-9-8-35(24(38)34-21-12-18(25(28,29)30)11-19(13-21)26(31,32)33)16-23(37)36(15-22-3-2-10-40-22)14-17-4-6-20(27)7-5-17/h2-7,10-13H,8-9,14-16H2,1H3,(H,34,38). The van der Waals surface area contributed by atoms with Crippen molar-refractivity contribution in [1.29, 1.82) is 0 Å². The lowest BCUT2D eigenvalue weighted by atomic mass is 10.1. The highest BCUT2D eigenvalue weighted by molar-refractivity contribution is 7.09. The van der Waals surface area contributed by atoms with Gasteiger partial charge in [0.2, 0.25) is 5.91 Å². The first-order valence-corrected chi connectivity index (χ1v) is 12.5. The fraction of sp³-hybridized carbons (Fsp3) is 0.308. The highest BCUT2D eigenvalue weighted by atomic mass is 32.1. The number of carbonyl (C=O) groups excluding carboxylic acids is 2. The quantitative estimate of drug-likeness (QED) is 0.269. The lowest BCUT2D eigenvalue weighted by Crippen LogP contribution is -2.45. The van der Waals surface area contributed by atoms with E-state index in [1.54, 1.807) is 17.5 Å². The third-order valence-electron chi connectivity index (χ3n) is 5.58. The molecule has 0 spiro atoms. The van der Waals surface area contributed by atoms with Gasteiger partial charge in [0.05, 0.1) is 24.3 Å². The minimum absolute atomic E-state index is 0.0549. The maximum atomic E-state index is 13.4. The number of nitrogens with one attached hydrogen (secondary N) is 1. The molecule has 6 nitrogen and oxygen atoms in total. The van der Waals surface area contributed by atoms with E-state index in [1.165, 1.54) is 47.6 Å². The van der Waals surface area contributed by atoms with Crippen LogP contribution in [-0.4, -0.2) is 48.5 Å². The van der Waals surface area contributed by atoms with E-state index in [9.17, 15) is 40.3 Å². The van der Waals surface area contributed by atoms with E-state index in [4.69, 9.17) is 4.74 Å². The number of rotatable bonds is 10. The molecule has 0 aliphatic rings. The van der Waals surface area contributed by atoms with Crippen molar-refractivity contribution in [2.75, 3.05) is 32.1 Å². The summed E-state index contributed by atoms with van der Waals surface area (Å²) >= 11 is 1.38. The fourth-order valence-electron chi connectivity index (χ4n) is 3.58. The fourth-order valence-corrected chi connectivity index (χ4v) is 4.30. The normalized spacial score (nSPS) is 11.8. The van der Waals surface area contributed by atoms with Gasteiger partial charge in [0.1, 0.15) is 12.4 Å². The molecule has 0 fully saturated rings. The number of alkyl halides is 6. The van der Waals surface area contributed by atoms with Crippen LogP contribution in [0.15, 0.2) is 60.0 Å². The molecule has 0 bridgehead atoms. The summed E-state index contributed by atoms with van der Waals surface area (Å²) in [6.45, 7) is -0.620. The predicted octanol–water partition coefficient (Wildman–Crippen LogP) is 6.63. The van der Waals surface area contributed by atoms with Gasteiger partial charge in [0.15, 0.2) is 0 Å². The number of benzene rings is 2. The largest absolute Gasteiger partial charge is 0.416 e. The van der Waals surface area contributed by atoms with Gasteiger partial charge in [-0.2, -0.15) is 26.3 Å². The Labute approximate surface area is 229 Å².